The number of carboxylic acid groups (broad SMARTS) is 1. The van der Waals surface area contributed by atoms with Crippen LogP contribution >= 0.6 is 23.4 Å². The molecule has 29 heavy (non-hydrogen) atoms. The number of hydrogen-bond acceptors (Lipinski definition) is 5. The normalized spacial score (nSPS) is 10.6. The van der Waals surface area contributed by atoms with Gasteiger partial charge in [0.25, 0.3) is 0 Å². The van der Waals surface area contributed by atoms with Crippen molar-refractivity contribution in [2.75, 3.05) is 23.5 Å². The number of carbonyl (C=O) groups is 3. The number of ether oxygens (including phenoxy) is 1. The van der Waals surface area contributed by atoms with Crippen LogP contribution < -0.4 is 15.4 Å². The summed E-state index contributed by atoms with van der Waals surface area (Å²) in [5, 5.41) is 14.4. The molecule has 0 atom stereocenters. The van der Waals surface area contributed by atoms with E-state index in [1.54, 1.807) is 36.4 Å². The van der Waals surface area contributed by atoms with Gasteiger partial charge in [0.15, 0.2) is 0 Å². The van der Waals surface area contributed by atoms with Crippen molar-refractivity contribution in [2.24, 2.45) is 0 Å². The van der Waals surface area contributed by atoms with Crippen LogP contribution in [0, 0.1) is 6.92 Å². The van der Waals surface area contributed by atoms with Crippen LogP contribution in [0.5, 0.6) is 5.75 Å². The SMILES string of the molecule is COc1cc(Cl)c(C)cc1NC(=O)CSc1ccc(NC(=O)/C=C/C(=O)O)cc1. The van der Waals surface area contributed by atoms with Crippen molar-refractivity contribution >= 4 is 52.5 Å². The summed E-state index contributed by atoms with van der Waals surface area (Å²) >= 11 is 7.39. The van der Waals surface area contributed by atoms with Gasteiger partial charge in [0.05, 0.1) is 18.6 Å². The summed E-state index contributed by atoms with van der Waals surface area (Å²) in [6.07, 6.45) is 1.69. The number of methoxy groups -OCH3 is 1. The Morgan fingerprint density at radius 2 is 1.83 bits per heavy atom. The first kappa shape index (κ1) is 22.3. The molecule has 0 saturated carbocycles. The van der Waals surface area contributed by atoms with E-state index in [1.165, 1.54) is 18.9 Å². The molecule has 3 N–H and O–H groups in total. The van der Waals surface area contributed by atoms with Crippen LogP contribution in [0.1, 0.15) is 5.56 Å². The van der Waals surface area contributed by atoms with Crippen LogP contribution in [0.4, 0.5) is 11.4 Å². The molecular formula is C20H19ClN2O5S. The molecule has 7 nitrogen and oxygen atoms in total. The first-order chi connectivity index (χ1) is 13.8. The highest BCUT2D eigenvalue weighted by molar-refractivity contribution is 8.00. The second kappa shape index (κ2) is 10.5. The summed E-state index contributed by atoms with van der Waals surface area (Å²) in [5.41, 5.74) is 1.89. The number of nitrogens with one attached hydrogen (secondary N) is 2. The van der Waals surface area contributed by atoms with Gasteiger partial charge in [-0.2, -0.15) is 0 Å². The number of aliphatic carboxylic acids is 1. The van der Waals surface area contributed by atoms with E-state index in [0.29, 0.717) is 22.1 Å². The van der Waals surface area contributed by atoms with Crippen molar-refractivity contribution in [3.8, 4) is 5.75 Å². The highest BCUT2D eigenvalue weighted by Gasteiger charge is 2.11. The zero-order chi connectivity index (χ0) is 21.4. The topological polar surface area (TPSA) is 105 Å². The molecule has 152 valence electrons. The Kier molecular flexibility index (Phi) is 8.11. The zero-order valence-corrected chi connectivity index (χ0v) is 17.3. The first-order valence-corrected chi connectivity index (χ1v) is 9.73. The van der Waals surface area contributed by atoms with Gasteiger partial charge in [0.1, 0.15) is 5.75 Å². The Balaban J connectivity index is 1.90. The van der Waals surface area contributed by atoms with Crippen molar-refractivity contribution in [1.29, 1.82) is 0 Å². The highest BCUT2D eigenvalue weighted by Crippen LogP contribution is 2.31. The lowest BCUT2D eigenvalue weighted by molar-refractivity contribution is -0.131. The number of amides is 2. The van der Waals surface area contributed by atoms with Gasteiger partial charge in [-0.3, -0.25) is 9.59 Å². The number of aryl methyl sites for hydroxylation is 1. The summed E-state index contributed by atoms with van der Waals surface area (Å²) in [6, 6.07) is 10.2. The minimum Gasteiger partial charge on any atom is -0.495 e. The van der Waals surface area contributed by atoms with Crippen LogP contribution in [0.3, 0.4) is 0 Å². The Bertz CT molecular complexity index is 945. The minimum atomic E-state index is -1.20. The molecule has 0 unspecified atom stereocenters. The van der Waals surface area contributed by atoms with Crippen LogP contribution in [-0.2, 0) is 14.4 Å². The standard InChI is InChI=1S/C20H19ClN2O5S/c1-12-9-16(17(28-2)10-15(12)21)23-19(25)11-29-14-5-3-13(4-6-14)22-18(24)7-8-20(26)27/h3-10H,11H2,1-2H3,(H,22,24)(H,23,25)(H,26,27)/b8-7+. The molecule has 2 aromatic carbocycles. The molecule has 0 spiro atoms. The van der Waals surface area contributed by atoms with Gasteiger partial charge < -0.3 is 20.5 Å². The molecule has 2 amide bonds. The average molecular weight is 435 g/mol. The minimum absolute atomic E-state index is 0.178. The van der Waals surface area contributed by atoms with Crippen molar-refractivity contribution in [3.63, 3.8) is 0 Å². The van der Waals surface area contributed by atoms with E-state index < -0.39 is 11.9 Å². The number of thioether (sulfide) groups is 1. The van der Waals surface area contributed by atoms with E-state index in [-0.39, 0.29) is 11.7 Å². The molecule has 0 bridgehead atoms. The van der Waals surface area contributed by atoms with Gasteiger partial charge in [-0.25, -0.2) is 4.79 Å². The van der Waals surface area contributed by atoms with E-state index >= 15 is 0 Å². The lowest BCUT2D eigenvalue weighted by Gasteiger charge is -2.12. The Morgan fingerprint density at radius 1 is 1.14 bits per heavy atom. The maximum absolute atomic E-state index is 12.3. The molecule has 0 aliphatic rings. The number of benzene rings is 2. The monoisotopic (exact) mass is 434 g/mol. The molecule has 0 radical (unpaired) electrons. The maximum Gasteiger partial charge on any atom is 0.328 e. The summed E-state index contributed by atoms with van der Waals surface area (Å²) in [7, 11) is 1.50. The smallest absolute Gasteiger partial charge is 0.328 e. The van der Waals surface area contributed by atoms with Crippen molar-refractivity contribution < 1.29 is 24.2 Å². The maximum atomic E-state index is 12.3. The van der Waals surface area contributed by atoms with Gasteiger partial charge in [-0.15, -0.1) is 11.8 Å². The fourth-order valence-corrected chi connectivity index (χ4v) is 3.08. The van der Waals surface area contributed by atoms with Crippen LogP contribution in [-0.4, -0.2) is 35.8 Å². The lowest BCUT2D eigenvalue weighted by atomic mass is 10.2. The van der Waals surface area contributed by atoms with E-state index in [2.05, 4.69) is 10.6 Å². The van der Waals surface area contributed by atoms with E-state index in [9.17, 15) is 14.4 Å². The van der Waals surface area contributed by atoms with Crippen molar-refractivity contribution in [2.45, 2.75) is 11.8 Å². The second-order valence-electron chi connectivity index (χ2n) is 5.82. The number of anilines is 2. The number of hydrogen-bond donors (Lipinski definition) is 3. The molecule has 0 aromatic heterocycles. The van der Waals surface area contributed by atoms with Gasteiger partial charge in [-0.05, 0) is 42.8 Å². The van der Waals surface area contributed by atoms with E-state index in [0.717, 1.165) is 22.6 Å². The third kappa shape index (κ3) is 7.17. The first-order valence-electron chi connectivity index (χ1n) is 8.37. The number of rotatable bonds is 8. The fraction of sp³-hybridized carbons (Fsp3) is 0.150. The molecule has 2 rings (SSSR count). The summed E-state index contributed by atoms with van der Waals surface area (Å²) < 4.78 is 5.24. The fourth-order valence-electron chi connectivity index (χ4n) is 2.23. The third-order valence-corrected chi connectivity index (χ3v) is 5.04. The Labute approximate surface area is 177 Å². The van der Waals surface area contributed by atoms with Crippen molar-refractivity contribution in [1.82, 2.24) is 0 Å². The van der Waals surface area contributed by atoms with Crippen LogP contribution in [0.2, 0.25) is 5.02 Å². The van der Waals surface area contributed by atoms with Crippen LogP contribution in [0.25, 0.3) is 0 Å². The molecule has 0 fully saturated rings. The van der Waals surface area contributed by atoms with Gasteiger partial charge in [0.2, 0.25) is 11.8 Å². The molecule has 0 heterocycles. The summed E-state index contributed by atoms with van der Waals surface area (Å²) in [5.74, 6) is -1.28. The third-order valence-electron chi connectivity index (χ3n) is 3.62. The number of carbonyl (C=O) groups excluding carboxylic acids is 2. The predicted molar refractivity (Wildman–Crippen MR) is 114 cm³/mol. The Hall–Kier alpha value is -2.97. The molecule has 9 heteroatoms. The number of carboxylic acids is 1. The Morgan fingerprint density at radius 3 is 2.45 bits per heavy atom. The van der Waals surface area contributed by atoms with Crippen LogP contribution in [0.15, 0.2) is 53.4 Å². The lowest BCUT2D eigenvalue weighted by Crippen LogP contribution is -2.15. The van der Waals surface area contributed by atoms with Gasteiger partial charge in [0, 0.05) is 33.8 Å². The molecule has 0 aliphatic carbocycles. The van der Waals surface area contributed by atoms with E-state index in [4.69, 9.17) is 21.4 Å². The van der Waals surface area contributed by atoms with Gasteiger partial charge in [-0.1, -0.05) is 11.6 Å². The molecular weight excluding hydrogens is 416 g/mol. The van der Waals surface area contributed by atoms with Crippen molar-refractivity contribution in [3.05, 3.63) is 59.1 Å². The predicted octanol–water partition coefficient (Wildman–Crippen LogP) is 3.97. The average Bonchev–Trinajstić information content (AvgIpc) is 2.68. The van der Waals surface area contributed by atoms with E-state index in [1.807, 2.05) is 6.92 Å². The quantitative estimate of drug-likeness (QED) is 0.429. The molecule has 2 aromatic rings. The molecule has 0 saturated heterocycles. The summed E-state index contributed by atoms with van der Waals surface area (Å²) in [4.78, 5) is 35.0. The largest absolute Gasteiger partial charge is 0.495 e. The summed E-state index contributed by atoms with van der Waals surface area (Å²) in [6.45, 7) is 1.84. The zero-order valence-electron chi connectivity index (χ0n) is 15.7. The highest BCUT2D eigenvalue weighted by atomic mass is 35.5. The molecule has 0 aliphatic heterocycles. The second-order valence-corrected chi connectivity index (χ2v) is 7.28. The van der Waals surface area contributed by atoms with Gasteiger partial charge >= 0.3 is 5.97 Å². The number of halogens is 1.